The second-order valence-corrected chi connectivity index (χ2v) is 5.16. The van der Waals surface area contributed by atoms with Crippen molar-refractivity contribution in [3.05, 3.63) is 34.2 Å². The summed E-state index contributed by atoms with van der Waals surface area (Å²) in [4.78, 5) is 23.3. The molecule has 2 atom stereocenters. The van der Waals surface area contributed by atoms with Crippen LogP contribution in [0.5, 0.6) is 0 Å². The number of pyridine rings is 1. The molecule has 0 aromatic carbocycles. The Morgan fingerprint density at radius 1 is 1.61 bits per heavy atom. The molecule has 1 rings (SSSR count). The van der Waals surface area contributed by atoms with Gasteiger partial charge in [-0.05, 0) is 19.2 Å². The first kappa shape index (κ1) is 14.8. The molecule has 0 radical (unpaired) electrons. The maximum atomic E-state index is 11.9. The predicted octanol–water partition coefficient (Wildman–Crippen LogP) is 0.227. The molecule has 2 N–H and O–H groups in total. The number of aliphatic hydroxyl groups is 1. The first-order chi connectivity index (χ1) is 8.49. The smallest absolute Gasteiger partial charge is 0.251 e. The van der Waals surface area contributed by atoms with Crippen molar-refractivity contribution in [1.82, 2.24) is 9.88 Å². The lowest BCUT2D eigenvalue weighted by Gasteiger charge is -2.21. The number of nitrogens with zero attached hydrogens (tertiary/aromatic N) is 1. The van der Waals surface area contributed by atoms with Crippen LogP contribution in [-0.2, 0) is 7.05 Å². The van der Waals surface area contributed by atoms with Crippen LogP contribution in [0.4, 0.5) is 0 Å². The summed E-state index contributed by atoms with van der Waals surface area (Å²) in [5.74, 6) is -0.298. The van der Waals surface area contributed by atoms with Crippen molar-refractivity contribution < 1.29 is 9.90 Å². The minimum absolute atomic E-state index is 0.000825. The fraction of sp³-hybridized carbons (Fsp3) is 0.500. The van der Waals surface area contributed by atoms with Crippen molar-refractivity contribution >= 4 is 17.7 Å². The normalized spacial score (nSPS) is 14.0. The van der Waals surface area contributed by atoms with Crippen molar-refractivity contribution in [2.45, 2.75) is 18.2 Å². The molecule has 5 nitrogen and oxygen atoms in total. The highest BCUT2D eigenvalue weighted by Crippen LogP contribution is 2.10. The largest absolute Gasteiger partial charge is 0.395 e. The number of hydrogen-bond donors (Lipinski definition) is 2. The summed E-state index contributed by atoms with van der Waals surface area (Å²) >= 11 is 1.49. The van der Waals surface area contributed by atoms with Gasteiger partial charge in [0.1, 0.15) is 0 Å². The second kappa shape index (κ2) is 6.61. The number of carbonyl (C=O) groups excluding carboxylic acids is 1. The van der Waals surface area contributed by atoms with E-state index in [0.29, 0.717) is 5.56 Å². The van der Waals surface area contributed by atoms with Crippen LogP contribution in [-0.4, -0.2) is 39.7 Å². The van der Waals surface area contributed by atoms with E-state index >= 15 is 0 Å². The molecule has 18 heavy (non-hydrogen) atoms. The maximum Gasteiger partial charge on any atom is 0.251 e. The topological polar surface area (TPSA) is 71.3 Å². The Morgan fingerprint density at radius 2 is 2.28 bits per heavy atom. The quantitative estimate of drug-likeness (QED) is 0.803. The van der Waals surface area contributed by atoms with E-state index in [1.54, 1.807) is 19.3 Å². The lowest BCUT2D eigenvalue weighted by atomic mass is 10.2. The van der Waals surface area contributed by atoms with Gasteiger partial charge < -0.3 is 15.0 Å². The third-order valence-electron chi connectivity index (χ3n) is 2.77. The van der Waals surface area contributed by atoms with Gasteiger partial charge in [-0.3, -0.25) is 9.59 Å². The first-order valence-electron chi connectivity index (χ1n) is 5.60. The molecule has 1 aromatic heterocycles. The predicted molar refractivity (Wildman–Crippen MR) is 73.0 cm³/mol. The third-order valence-corrected chi connectivity index (χ3v) is 3.93. The highest BCUT2D eigenvalue weighted by Gasteiger charge is 2.18. The van der Waals surface area contributed by atoms with E-state index in [9.17, 15) is 9.59 Å². The van der Waals surface area contributed by atoms with Gasteiger partial charge in [-0.15, -0.1) is 0 Å². The van der Waals surface area contributed by atoms with E-state index in [0.717, 1.165) is 0 Å². The summed E-state index contributed by atoms with van der Waals surface area (Å²) in [6, 6.07) is 2.73. The number of thioether (sulfide) groups is 1. The van der Waals surface area contributed by atoms with E-state index in [-0.39, 0.29) is 29.4 Å². The van der Waals surface area contributed by atoms with Crippen molar-refractivity contribution in [2.75, 3.05) is 12.9 Å². The minimum Gasteiger partial charge on any atom is -0.395 e. The van der Waals surface area contributed by atoms with Gasteiger partial charge in [0, 0.05) is 36.2 Å². The molecule has 6 heteroatoms. The Labute approximate surface area is 110 Å². The van der Waals surface area contributed by atoms with E-state index in [4.69, 9.17) is 5.11 Å². The van der Waals surface area contributed by atoms with Gasteiger partial charge in [0.15, 0.2) is 0 Å². The molecule has 0 spiro atoms. The molecule has 1 aromatic rings. The number of hydrogen-bond acceptors (Lipinski definition) is 4. The zero-order chi connectivity index (χ0) is 13.7. The zero-order valence-corrected chi connectivity index (χ0v) is 11.5. The van der Waals surface area contributed by atoms with Crippen LogP contribution >= 0.6 is 11.8 Å². The third kappa shape index (κ3) is 3.61. The summed E-state index contributed by atoms with van der Waals surface area (Å²) in [7, 11) is 1.63. The van der Waals surface area contributed by atoms with E-state index in [1.807, 2.05) is 13.2 Å². The molecule has 0 aliphatic heterocycles. The van der Waals surface area contributed by atoms with Gasteiger partial charge >= 0.3 is 0 Å². The van der Waals surface area contributed by atoms with Crippen LogP contribution in [0.15, 0.2) is 23.1 Å². The molecule has 0 bridgehead atoms. The number of aryl methyl sites for hydroxylation is 1. The van der Waals surface area contributed by atoms with Crippen LogP contribution in [0.25, 0.3) is 0 Å². The van der Waals surface area contributed by atoms with Gasteiger partial charge in [0.05, 0.1) is 6.61 Å². The van der Waals surface area contributed by atoms with Crippen LogP contribution in [0, 0.1) is 0 Å². The number of rotatable bonds is 5. The van der Waals surface area contributed by atoms with Crippen molar-refractivity contribution in [3.8, 4) is 0 Å². The number of aliphatic hydroxyl groups excluding tert-OH is 1. The summed E-state index contributed by atoms with van der Waals surface area (Å²) in [6.45, 7) is 1.83. The monoisotopic (exact) mass is 270 g/mol. The van der Waals surface area contributed by atoms with Gasteiger partial charge in [0.25, 0.3) is 11.5 Å². The van der Waals surface area contributed by atoms with Gasteiger partial charge in [-0.1, -0.05) is 0 Å². The van der Waals surface area contributed by atoms with Gasteiger partial charge in [0.2, 0.25) is 0 Å². The SMILES string of the molecule is CSC(CO)C(C)NC(=O)c1ccn(C)c(=O)c1. The van der Waals surface area contributed by atoms with E-state index < -0.39 is 0 Å². The van der Waals surface area contributed by atoms with Crippen LogP contribution in [0.3, 0.4) is 0 Å². The van der Waals surface area contributed by atoms with Crippen molar-refractivity contribution in [1.29, 1.82) is 0 Å². The van der Waals surface area contributed by atoms with Crippen molar-refractivity contribution in [2.24, 2.45) is 7.05 Å². The zero-order valence-electron chi connectivity index (χ0n) is 10.7. The van der Waals surface area contributed by atoms with E-state index in [1.165, 1.54) is 22.4 Å². The Bertz CT molecular complexity index is 469. The molecule has 0 saturated heterocycles. The second-order valence-electron chi connectivity index (χ2n) is 4.08. The Morgan fingerprint density at radius 3 is 2.78 bits per heavy atom. The molecule has 0 fully saturated rings. The Kier molecular flexibility index (Phi) is 5.43. The maximum absolute atomic E-state index is 11.9. The molecule has 1 heterocycles. The van der Waals surface area contributed by atoms with E-state index in [2.05, 4.69) is 5.32 Å². The molecule has 100 valence electrons. The fourth-order valence-electron chi connectivity index (χ4n) is 1.51. The summed E-state index contributed by atoms with van der Waals surface area (Å²) in [6.07, 6.45) is 3.43. The lowest BCUT2D eigenvalue weighted by molar-refractivity contribution is 0.0935. The Balaban J connectivity index is 2.76. The number of aromatic nitrogens is 1. The number of amides is 1. The molecule has 2 unspecified atom stereocenters. The summed E-state index contributed by atoms with van der Waals surface area (Å²) in [5.41, 5.74) is 0.113. The highest BCUT2D eigenvalue weighted by molar-refractivity contribution is 7.99. The van der Waals surface area contributed by atoms with Gasteiger partial charge in [-0.2, -0.15) is 11.8 Å². The molecular weight excluding hydrogens is 252 g/mol. The fourth-order valence-corrected chi connectivity index (χ4v) is 2.13. The molecular formula is C12H18N2O3S. The average Bonchev–Trinajstić information content (AvgIpc) is 2.34. The minimum atomic E-state index is -0.298. The highest BCUT2D eigenvalue weighted by atomic mass is 32.2. The number of carbonyl (C=O) groups is 1. The average molecular weight is 270 g/mol. The standard InChI is InChI=1S/C12H18N2O3S/c1-8(10(7-15)18-3)13-12(17)9-4-5-14(2)11(16)6-9/h4-6,8,10,15H,7H2,1-3H3,(H,13,17). The first-order valence-corrected chi connectivity index (χ1v) is 6.89. The molecule has 0 saturated carbocycles. The molecule has 1 amide bonds. The van der Waals surface area contributed by atoms with Gasteiger partial charge in [-0.25, -0.2) is 0 Å². The molecule has 0 aliphatic rings. The van der Waals surface area contributed by atoms with Crippen molar-refractivity contribution in [3.63, 3.8) is 0 Å². The lowest BCUT2D eigenvalue weighted by Crippen LogP contribution is -2.41. The van der Waals surface area contributed by atoms with Crippen LogP contribution < -0.4 is 10.9 Å². The van der Waals surface area contributed by atoms with Crippen LogP contribution in [0.2, 0.25) is 0 Å². The number of nitrogens with one attached hydrogen (secondary N) is 1. The summed E-state index contributed by atoms with van der Waals surface area (Å²) in [5, 5.41) is 11.9. The van der Waals surface area contributed by atoms with Crippen LogP contribution in [0.1, 0.15) is 17.3 Å². The molecule has 0 aliphatic carbocycles. The summed E-state index contributed by atoms with van der Waals surface area (Å²) < 4.78 is 1.40. The Hall–Kier alpha value is -1.27.